The lowest BCUT2D eigenvalue weighted by atomic mass is 9.97. The van der Waals surface area contributed by atoms with Gasteiger partial charge in [0.05, 0.1) is 23.4 Å². The molecule has 4 amide bonds. The number of carboxylic acid groups (broad SMARTS) is 1. The van der Waals surface area contributed by atoms with Crippen LogP contribution in [0.15, 0.2) is 24.3 Å². The van der Waals surface area contributed by atoms with Gasteiger partial charge in [-0.25, -0.2) is 4.79 Å². The average molecular weight is 403 g/mol. The molecule has 0 radical (unpaired) electrons. The smallest absolute Gasteiger partial charge is 0.323 e. The predicted octanol–water partition coefficient (Wildman–Crippen LogP) is 0.460. The first-order chi connectivity index (χ1) is 13.6. The molecule has 158 valence electrons. The number of urea groups is 1. The zero-order chi connectivity index (χ0) is 21.7. The Bertz CT molecular complexity index is 795. The minimum Gasteiger partial charge on any atom is -0.548 e. The summed E-state index contributed by atoms with van der Waals surface area (Å²) in [7, 11) is 0. The maximum absolute atomic E-state index is 12.9. The number of benzene rings is 1. The third-order valence-corrected chi connectivity index (χ3v) is 5.01. The monoisotopic (exact) mass is 403 g/mol. The van der Waals surface area contributed by atoms with E-state index in [2.05, 4.69) is 16.0 Å². The predicted molar refractivity (Wildman–Crippen MR) is 106 cm³/mol. The van der Waals surface area contributed by atoms with Crippen LogP contribution in [0.1, 0.15) is 34.1 Å². The van der Waals surface area contributed by atoms with Crippen molar-refractivity contribution in [3.05, 3.63) is 24.3 Å². The maximum atomic E-state index is 12.9. The molecule has 1 heterocycles. The molecule has 9 nitrogen and oxygen atoms in total. The first kappa shape index (κ1) is 22.2. The van der Waals surface area contributed by atoms with Crippen molar-refractivity contribution in [1.82, 2.24) is 10.6 Å². The number of para-hydroxylation sites is 2. The molecule has 0 unspecified atom stereocenters. The van der Waals surface area contributed by atoms with Crippen molar-refractivity contribution >= 4 is 35.2 Å². The summed E-state index contributed by atoms with van der Waals surface area (Å²) in [5, 5.41) is 19.1. The molecule has 1 aromatic rings. The molecule has 3 N–H and O–H groups in total. The lowest BCUT2D eigenvalue weighted by molar-refractivity contribution is -0.309. The van der Waals surface area contributed by atoms with Crippen LogP contribution in [-0.4, -0.2) is 42.4 Å². The Morgan fingerprint density at radius 3 is 2.38 bits per heavy atom. The van der Waals surface area contributed by atoms with E-state index in [9.17, 15) is 24.3 Å². The number of anilines is 2. The summed E-state index contributed by atoms with van der Waals surface area (Å²) in [6.07, 6.45) is 0.576. The quantitative estimate of drug-likeness (QED) is 0.609. The lowest BCUT2D eigenvalue weighted by Crippen LogP contribution is -2.59. The van der Waals surface area contributed by atoms with Crippen molar-refractivity contribution in [2.24, 2.45) is 11.8 Å². The van der Waals surface area contributed by atoms with E-state index in [4.69, 9.17) is 0 Å². The first-order valence-corrected chi connectivity index (χ1v) is 9.63. The second-order valence-corrected chi connectivity index (χ2v) is 7.51. The molecular formula is C20H27N4O5-. The maximum Gasteiger partial charge on any atom is 0.323 e. The molecule has 0 saturated heterocycles. The highest BCUT2D eigenvalue weighted by Gasteiger charge is 2.33. The van der Waals surface area contributed by atoms with Crippen LogP contribution in [0.25, 0.3) is 0 Å². The minimum absolute atomic E-state index is 0.189. The van der Waals surface area contributed by atoms with Crippen LogP contribution in [0, 0.1) is 11.8 Å². The SMILES string of the molecule is CC[C@H](C)[C@H](NC(=O)N1CC(=O)Nc2ccccc21)C(=O)N[C@@H](C(=O)[O-])C(C)C. The summed E-state index contributed by atoms with van der Waals surface area (Å²) in [6.45, 7) is 6.76. The normalized spacial score (nSPS) is 16.3. The van der Waals surface area contributed by atoms with E-state index >= 15 is 0 Å². The highest BCUT2D eigenvalue weighted by atomic mass is 16.4. The van der Waals surface area contributed by atoms with Gasteiger partial charge in [0.1, 0.15) is 12.6 Å². The van der Waals surface area contributed by atoms with Crippen molar-refractivity contribution in [3.63, 3.8) is 0 Å². The van der Waals surface area contributed by atoms with Gasteiger partial charge in [-0.05, 0) is 24.0 Å². The molecule has 29 heavy (non-hydrogen) atoms. The van der Waals surface area contributed by atoms with Gasteiger partial charge in [0.15, 0.2) is 0 Å². The van der Waals surface area contributed by atoms with Gasteiger partial charge in [0.25, 0.3) is 0 Å². The Morgan fingerprint density at radius 1 is 1.14 bits per heavy atom. The Morgan fingerprint density at radius 2 is 1.79 bits per heavy atom. The van der Waals surface area contributed by atoms with Gasteiger partial charge in [-0.1, -0.05) is 46.2 Å². The Hall–Kier alpha value is -3.10. The van der Waals surface area contributed by atoms with Crippen LogP contribution in [0.2, 0.25) is 0 Å². The molecule has 1 aromatic carbocycles. The van der Waals surface area contributed by atoms with E-state index in [-0.39, 0.29) is 24.3 Å². The number of nitrogens with zero attached hydrogens (tertiary/aromatic N) is 1. The molecule has 1 aliphatic rings. The second kappa shape index (κ2) is 9.40. The van der Waals surface area contributed by atoms with Gasteiger partial charge in [-0.15, -0.1) is 0 Å². The largest absolute Gasteiger partial charge is 0.548 e. The van der Waals surface area contributed by atoms with Gasteiger partial charge in [-0.3, -0.25) is 14.5 Å². The van der Waals surface area contributed by atoms with E-state index in [0.717, 1.165) is 0 Å². The molecule has 0 aromatic heterocycles. The van der Waals surface area contributed by atoms with Crippen molar-refractivity contribution < 1.29 is 24.3 Å². The Kier molecular flexibility index (Phi) is 7.19. The first-order valence-electron chi connectivity index (χ1n) is 9.63. The fraction of sp³-hybridized carbons (Fsp3) is 0.500. The van der Waals surface area contributed by atoms with Crippen LogP contribution in [0.3, 0.4) is 0 Å². The number of aliphatic carboxylic acids is 1. The van der Waals surface area contributed by atoms with Crippen molar-refractivity contribution in [1.29, 1.82) is 0 Å². The number of rotatable bonds is 7. The molecule has 0 saturated carbocycles. The second-order valence-electron chi connectivity index (χ2n) is 7.51. The summed E-state index contributed by atoms with van der Waals surface area (Å²) in [5.74, 6) is -2.98. The zero-order valence-electron chi connectivity index (χ0n) is 17.0. The molecule has 0 aliphatic carbocycles. The zero-order valence-corrected chi connectivity index (χ0v) is 17.0. The number of hydrogen-bond acceptors (Lipinski definition) is 5. The van der Waals surface area contributed by atoms with Crippen molar-refractivity contribution in [3.8, 4) is 0 Å². The van der Waals surface area contributed by atoms with Crippen LogP contribution in [-0.2, 0) is 14.4 Å². The summed E-state index contributed by atoms with van der Waals surface area (Å²) >= 11 is 0. The Labute approximate surface area is 169 Å². The minimum atomic E-state index is -1.38. The van der Waals surface area contributed by atoms with Crippen molar-refractivity contribution in [2.75, 3.05) is 16.8 Å². The summed E-state index contributed by atoms with van der Waals surface area (Å²) < 4.78 is 0. The third kappa shape index (κ3) is 5.24. The molecule has 2 rings (SSSR count). The molecule has 1 aliphatic heterocycles. The number of amides is 4. The summed E-state index contributed by atoms with van der Waals surface area (Å²) in [4.78, 5) is 50.2. The molecule has 9 heteroatoms. The van der Waals surface area contributed by atoms with Gasteiger partial charge in [-0.2, -0.15) is 0 Å². The van der Waals surface area contributed by atoms with E-state index in [1.54, 1.807) is 45.0 Å². The van der Waals surface area contributed by atoms with Gasteiger partial charge in [0, 0.05) is 0 Å². The number of carboxylic acids is 1. The molecule has 3 atom stereocenters. The van der Waals surface area contributed by atoms with Gasteiger partial charge >= 0.3 is 6.03 Å². The topological polar surface area (TPSA) is 131 Å². The summed E-state index contributed by atoms with van der Waals surface area (Å²) in [6, 6.07) is 4.10. The molecule has 0 fully saturated rings. The Balaban J connectivity index is 2.22. The van der Waals surface area contributed by atoms with E-state index in [0.29, 0.717) is 17.8 Å². The average Bonchev–Trinajstić information content (AvgIpc) is 2.67. The molecule has 0 bridgehead atoms. The van der Waals surface area contributed by atoms with Crippen molar-refractivity contribution in [2.45, 2.75) is 46.2 Å². The third-order valence-electron chi connectivity index (χ3n) is 5.01. The highest BCUT2D eigenvalue weighted by Crippen LogP contribution is 2.29. The summed E-state index contributed by atoms with van der Waals surface area (Å²) in [5.41, 5.74) is 1.02. The number of carbonyl (C=O) groups excluding carboxylic acids is 4. The number of fused-ring (bicyclic) bond motifs is 1. The van der Waals surface area contributed by atoms with E-state index < -0.39 is 30.0 Å². The standard InChI is InChI=1S/C20H28N4O5/c1-5-12(4)17(18(26)22-16(11(2)3)19(27)28)23-20(29)24-10-15(25)21-13-8-6-7-9-14(13)24/h6-9,11-12,16-17H,5,10H2,1-4H3,(H,21,25)(H,22,26)(H,23,29)(H,27,28)/p-1/t12-,16+,17-/m0/s1. The number of carbonyl (C=O) groups is 4. The number of nitrogens with one attached hydrogen (secondary N) is 3. The highest BCUT2D eigenvalue weighted by molar-refractivity contribution is 6.10. The van der Waals surface area contributed by atoms with Gasteiger partial charge < -0.3 is 25.9 Å². The fourth-order valence-corrected chi connectivity index (χ4v) is 3.07. The number of hydrogen-bond donors (Lipinski definition) is 3. The van der Waals surface area contributed by atoms with Crippen LogP contribution in [0.5, 0.6) is 0 Å². The van der Waals surface area contributed by atoms with E-state index in [1.165, 1.54) is 4.90 Å². The van der Waals surface area contributed by atoms with Crippen LogP contribution >= 0.6 is 0 Å². The van der Waals surface area contributed by atoms with E-state index in [1.807, 2.05) is 6.92 Å². The molecule has 0 spiro atoms. The van der Waals surface area contributed by atoms with Crippen LogP contribution < -0.4 is 26.0 Å². The lowest BCUT2D eigenvalue weighted by Gasteiger charge is -2.33. The fourth-order valence-electron chi connectivity index (χ4n) is 3.07. The molecular weight excluding hydrogens is 376 g/mol. The van der Waals surface area contributed by atoms with Crippen LogP contribution in [0.4, 0.5) is 16.2 Å². The van der Waals surface area contributed by atoms with Gasteiger partial charge in [0.2, 0.25) is 11.8 Å².